The van der Waals surface area contributed by atoms with E-state index < -0.39 is 5.91 Å². The number of hydrogen-bond acceptors (Lipinski definition) is 4. The van der Waals surface area contributed by atoms with Gasteiger partial charge in [0.1, 0.15) is 0 Å². The predicted octanol–water partition coefficient (Wildman–Crippen LogP) is 3.27. The van der Waals surface area contributed by atoms with Gasteiger partial charge in [-0.1, -0.05) is 31.4 Å². The number of carbonyl (C=O) groups is 1. The number of primary amides is 1. The number of amides is 1. The van der Waals surface area contributed by atoms with Crippen LogP contribution in [0.4, 0.5) is 0 Å². The summed E-state index contributed by atoms with van der Waals surface area (Å²) in [5.41, 5.74) is 6.09. The number of nitrogens with two attached hydrogens (primary N) is 1. The third kappa shape index (κ3) is 5.28. The number of rotatable bonds is 8. The Morgan fingerprint density at radius 3 is 2.67 bits per heavy atom. The Morgan fingerprint density at radius 2 is 2.00 bits per heavy atom. The third-order valence-corrected chi connectivity index (χ3v) is 4.80. The fourth-order valence-electron chi connectivity index (χ4n) is 3.10. The van der Waals surface area contributed by atoms with Crippen LogP contribution in [0.2, 0.25) is 5.02 Å². The summed E-state index contributed by atoms with van der Waals surface area (Å²) in [5.74, 6) is 1.17. The van der Waals surface area contributed by atoms with Crippen molar-refractivity contribution in [2.24, 2.45) is 11.7 Å². The van der Waals surface area contributed by atoms with Crippen LogP contribution in [-0.4, -0.2) is 25.2 Å². The first-order valence-electron chi connectivity index (χ1n) is 8.61. The first-order valence-corrected chi connectivity index (χ1v) is 8.98. The molecule has 1 aromatic rings. The van der Waals surface area contributed by atoms with E-state index in [0.29, 0.717) is 41.6 Å². The van der Waals surface area contributed by atoms with E-state index >= 15 is 0 Å². The van der Waals surface area contributed by atoms with Gasteiger partial charge in [-0.15, -0.1) is 0 Å². The highest BCUT2D eigenvalue weighted by atomic mass is 35.5. The maximum Gasteiger partial charge on any atom is 0.255 e. The molecule has 0 bridgehead atoms. The molecule has 0 spiro atoms. The Labute approximate surface area is 148 Å². The Balaban J connectivity index is 2.08. The van der Waals surface area contributed by atoms with Crippen LogP contribution in [0.1, 0.15) is 45.1 Å². The maximum atomic E-state index is 10.9. The van der Waals surface area contributed by atoms with Crippen molar-refractivity contribution in [3.63, 3.8) is 0 Å². The van der Waals surface area contributed by atoms with Gasteiger partial charge in [0.15, 0.2) is 18.1 Å². The monoisotopic (exact) mass is 354 g/mol. The highest BCUT2D eigenvalue weighted by Crippen LogP contribution is 2.34. The number of nitrogens with one attached hydrogen (secondary N) is 1. The van der Waals surface area contributed by atoms with E-state index in [0.717, 1.165) is 5.56 Å². The van der Waals surface area contributed by atoms with E-state index in [1.165, 1.54) is 25.7 Å². The molecule has 24 heavy (non-hydrogen) atoms. The summed E-state index contributed by atoms with van der Waals surface area (Å²) < 4.78 is 11.0. The number of carbonyl (C=O) groups excluding carboxylic acids is 1. The quantitative estimate of drug-likeness (QED) is 0.751. The van der Waals surface area contributed by atoms with Crippen molar-refractivity contribution in [1.82, 2.24) is 5.32 Å². The zero-order chi connectivity index (χ0) is 17.5. The second-order valence-electron chi connectivity index (χ2n) is 6.33. The Morgan fingerprint density at radius 1 is 1.29 bits per heavy atom. The van der Waals surface area contributed by atoms with Gasteiger partial charge < -0.3 is 20.5 Å². The lowest BCUT2D eigenvalue weighted by Crippen LogP contribution is -2.36. The average Bonchev–Trinajstić information content (AvgIpc) is 2.55. The molecule has 5 nitrogen and oxygen atoms in total. The van der Waals surface area contributed by atoms with Gasteiger partial charge in [0.05, 0.1) is 6.61 Å². The summed E-state index contributed by atoms with van der Waals surface area (Å²) in [5, 5.41) is 4.20. The van der Waals surface area contributed by atoms with Gasteiger partial charge in [-0.2, -0.15) is 0 Å². The molecule has 1 aromatic carbocycles. The topological polar surface area (TPSA) is 73.6 Å². The second kappa shape index (κ2) is 9.14. The number of ether oxygens (including phenoxy) is 2. The van der Waals surface area contributed by atoms with Gasteiger partial charge in [-0.3, -0.25) is 4.79 Å². The minimum atomic E-state index is -0.536. The van der Waals surface area contributed by atoms with E-state index in [4.69, 9.17) is 26.8 Å². The smallest absolute Gasteiger partial charge is 0.255 e. The molecule has 0 aliphatic heterocycles. The molecule has 1 amide bonds. The minimum absolute atomic E-state index is 0.201. The molecule has 0 radical (unpaired) electrons. The molecule has 1 fully saturated rings. The third-order valence-electron chi connectivity index (χ3n) is 4.45. The second-order valence-corrected chi connectivity index (χ2v) is 6.73. The van der Waals surface area contributed by atoms with Gasteiger partial charge in [0, 0.05) is 23.7 Å². The largest absolute Gasteiger partial charge is 0.490 e. The first kappa shape index (κ1) is 18.9. The zero-order valence-electron chi connectivity index (χ0n) is 14.4. The van der Waals surface area contributed by atoms with Crippen molar-refractivity contribution in [1.29, 1.82) is 0 Å². The summed E-state index contributed by atoms with van der Waals surface area (Å²) in [6, 6.07) is 4.09. The summed E-state index contributed by atoms with van der Waals surface area (Å²) in [6.45, 7) is 5.18. The fourth-order valence-corrected chi connectivity index (χ4v) is 3.32. The van der Waals surface area contributed by atoms with Gasteiger partial charge in [0.2, 0.25) is 0 Å². The number of hydrogen-bond donors (Lipinski definition) is 2. The molecule has 0 aromatic heterocycles. The van der Waals surface area contributed by atoms with Crippen molar-refractivity contribution in [3.8, 4) is 11.5 Å². The Kier molecular flexibility index (Phi) is 7.18. The highest BCUT2D eigenvalue weighted by molar-refractivity contribution is 6.31. The van der Waals surface area contributed by atoms with Gasteiger partial charge in [-0.25, -0.2) is 0 Å². The molecule has 6 heteroatoms. The lowest BCUT2D eigenvalue weighted by molar-refractivity contribution is -0.119. The van der Waals surface area contributed by atoms with E-state index in [9.17, 15) is 4.79 Å². The normalized spacial score (nSPS) is 20.6. The minimum Gasteiger partial charge on any atom is -0.490 e. The first-order chi connectivity index (χ1) is 11.5. The van der Waals surface area contributed by atoms with Crippen LogP contribution in [0.3, 0.4) is 0 Å². The number of halogens is 1. The van der Waals surface area contributed by atoms with Crippen LogP contribution in [0, 0.1) is 5.92 Å². The Bertz CT molecular complexity index is 565. The van der Waals surface area contributed by atoms with Gasteiger partial charge in [-0.05, 0) is 37.3 Å². The van der Waals surface area contributed by atoms with E-state index in [-0.39, 0.29) is 6.61 Å². The molecule has 0 unspecified atom stereocenters. The lowest BCUT2D eigenvalue weighted by Gasteiger charge is -2.30. The highest BCUT2D eigenvalue weighted by Gasteiger charge is 2.21. The summed E-state index contributed by atoms with van der Waals surface area (Å²) >= 11 is 6.38. The molecule has 3 N–H and O–H groups in total. The van der Waals surface area contributed by atoms with E-state index in [1.807, 2.05) is 13.0 Å². The molecule has 134 valence electrons. The van der Waals surface area contributed by atoms with E-state index in [1.54, 1.807) is 6.07 Å². The number of benzene rings is 1. The predicted molar refractivity (Wildman–Crippen MR) is 95.6 cm³/mol. The maximum absolute atomic E-state index is 10.9. The van der Waals surface area contributed by atoms with Crippen LogP contribution in [0.15, 0.2) is 12.1 Å². The molecular weight excluding hydrogens is 328 g/mol. The molecule has 0 heterocycles. The lowest BCUT2D eigenvalue weighted by atomic mass is 9.86. The Hall–Kier alpha value is -1.46. The molecule has 0 saturated heterocycles. The van der Waals surface area contributed by atoms with Crippen LogP contribution in [-0.2, 0) is 11.3 Å². The fraction of sp³-hybridized carbons (Fsp3) is 0.611. The molecule has 2 rings (SSSR count). The van der Waals surface area contributed by atoms with Gasteiger partial charge in [0.25, 0.3) is 5.91 Å². The van der Waals surface area contributed by atoms with Gasteiger partial charge >= 0.3 is 0 Å². The average molecular weight is 355 g/mol. The van der Waals surface area contributed by atoms with Crippen molar-refractivity contribution in [3.05, 3.63) is 22.7 Å². The van der Waals surface area contributed by atoms with Crippen LogP contribution in [0.5, 0.6) is 11.5 Å². The standard InChI is InChI=1S/C18H27ClN2O3/c1-3-23-16-8-13(10-21-15-7-5-4-6-12(15)2)14(19)9-17(16)24-11-18(20)22/h8-9,12,15,21H,3-7,10-11H2,1-2H3,(H2,20,22)/t12-,15-/m1/s1. The zero-order valence-corrected chi connectivity index (χ0v) is 15.2. The summed E-state index contributed by atoms with van der Waals surface area (Å²) in [4.78, 5) is 10.9. The SMILES string of the molecule is CCOc1cc(CN[C@@H]2CCCC[C@H]2C)c(Cl)cc1OCC(N)=O. The van der Waals surface area contributed by atoms with Crippen LogP contribution < -0.4 is 20.5 Å². The molecular formula is C18H27ClN2O3. The molecule has 1 aliphatic rings. The molecule has 1 aliphatic carbocycles. The van der Waals surface area contributed by atoms with Crippen LogP contribution >= 0.6 is 11.6 Å². The summed E-state index contributed by atoms with van der Waals surface area (Å²) in [7, 11) is 0. The van der Waals surface area contributed by atoms with E-state index in [2.05, 4.69) is 12.2 Å². The summed E-state index contributed by atoms with van der Waals surface area (Å²) in [6.07, 6.45) is 5.08. The van der Waals surface area contributed by atoms with Crippen molar-refractivity contribution < 1.29 is 14.3 Å². The molecule has 2 atom stereocenters. The molecule has 1 saturated carbocycles. The van der Waals surface area contributed by atoms with Crippen molar-refractivity contribution >= 4 is 17.5 Å². The van der Waals surface area contributed by atoms with Crippen molar-refractivity contribution in [2.45, 2.75) is 52.1 Å². The van der Waals surface area contributed by atoms with Crippen LogP contribution in [0.25, 0.3) is 0 Å². The van der Waals surface area contributed by atoms with Crippen molar-refractivity contribution in [2.75, 3.05) is 13.2 Å².